The lowest BCUT2D eigenvalue weighted by atomic mass is 10.0. The summed E-state index contributed by atoms with van der Waals surface area (Å²) >= 11 is 0. The molecule has 212 valence electrons. The fourth-order valence-corrected chi connectivity index (χ4v) is 5.12. The van der Waals surface area contributed by atoms with Gasteiger partial charge >= 0.3 is 5.97 Å². The van der Waals surface area contributed by atoms with Crippen LogP contribution in [0.5, 0.6) is 5.75 Å². The van der Waals surface area contributed by atoms with Crippen molar-refractivity contribution in [2.24, 2.45) is 5.92 Å². The highest BCUT2D eigenvalue weighted by Gasteiger charge is 2.26. The molecule has 4 heteroatoms. The van der Waals surface area contributed by atoms with E-state index in [9.17, 15) is 4.79 Å². The van der Waals surface area contributed by atoms with Crippen molar-refractivity contribution < 1.29 is 18.8 Å². The summed E-state index contributed by atoms with van der Waals surface area (Å²) in [6.07, 6.45) is 14.6. The van der Waals surface area contributed by atoms with Crippen LogP contribution in [0.4, 0.5) is 0 Å². The van der Waals surface area contributed by atoms with Crippen LogP contribution in [0, 0.1) is 5.92 Å². The minimum Gasteiger partial charge on any atom is -0.487 e. The van der Waals surface area contributed by atoms with E-state index in [4.69, 9.17) is 9.47 Å². The summed E-state index contributed by atoms with van der Waals surface area (Å²) in [7, 11) is 4.31. The molecule has 2 atom stereocenters. The average molecular weight is 525 g/mol. The van der Waals surface area contributed by atoms with Crippen LogP contribution in [-0.4, -0.2) is 43.8 Å². The molecule has 0 fully saturated rings. The van der Waals surface area contributed by atoms with Crippen LogP contribution < -0.4 is 4.74 Å². The van der Waals surface area contributed by atoms with Gasteiger partial charge in [0.05, 0.1) is 20.6 Å². The Hall–Kier alpha value is -2.33. The van der Waals surface area contributed by atoms with Gasteiger partial charge in [-0.3, -0.25) is 4.79 Å². The lowest BCUT2D eigenvalue weighted by Crippen LogP contribution is -2.44. The first kappa shape index (κ1) is 31.9. The molecule has 0 saturated carbocycles. The largest absolute Gasteiger partial charge is 0.487 e. The highest BCUT2D eigenvalue weighted by Crippen LogP contribution is 2.18. The normalized spacial score (nSPS) is 13.2. The number of nitrogens with zero attached hydrogens (tertiary/aromatic N) is 1. The van der Waals surface area contributed by atoms with E-state index in [2.05, 4.69) is 57.4 Å². The van der Waals surface area contributed by atoms with Crippen molar-refractivity contribution in [3.63, 3.8) is 0 Å². The number of hydrogen-bond donors (Lipinski definition) is 0. The Morgan fingerprint density at radius 1 is 0.763 bits per heavy atom. The third kappa shape index (κ3) is 14.0. The van der Waals surface area contributed by atoms with Gasteiger partial charge in [0.2, 0.25) is 0 Å². The summed E-state index contributed by atoms with van der Waals surface area (Å²) in [4.78, 5) is 12.6. The maximum absolute atomic E-state index is 12.6. The van der Waals surface area contributed by atoms with Crippen molar-refractivity contribution in [3.8, 4) is 5.75 Å². The van der Waals surface area contributed by atoms with Gasteiger partial charge in [0.25, 0.3) is 0 Å². The van der Waals surface area contributed by atoms with Crippen LogP contribution in [0.15, 0.2) is 54.6 Å². The SMILES string of the molecule is CCCCCCCCCCCCc1ccc(OC(C)COC(=O)C(C)C[N+](C)(C)Cc2ccccc2)cc1. The second kappa shape index (κ2) is 18.0. The van der Waals surface area contributed by atoms with Gasteiger partial charge < -0.3 is 14.0 Å². The molecule has 4 nitrogen and oxygen atoms in total. The minimum absolute atomic E-state index is 0.161. The molecule has 0 spiro atoms. The van der Waals surface area contributed by atoms with Gasteiger partial charge in [0.15, 0.2) is 0 Å². The zero-order valence-electron chi connectivity index (χ0n) is 24.9. The predicted octanol–water partition coefficient (Wildman–Crippen LogP) is 8.37. The lowest BCUT2D eigenvalue weighted by Gasteiger charge is -2.32. The summed E-state index contributed by atoms with van der Waals surface area (Å²) in [5.74, 6) is 0.492. The van der Waals surface area contributed by atoms with Gasteiger partial charge in [0.1, 0.15) is 30.9 Å². The molecular formula is C34H54NO3+. The third-order valence-corrected chi connectivity index (χ3v) is 7.16. The summed E-state index contributed by atoms with van der Waals surface area (Å²) in [5.41, 5.74) is 2.63. The molecule has 2 unspecified atom stereocenters. The first-order valence-electron chi connectivity index (χ1n) is 15.1. The molecule has 0 saturated heterocycles. The number of rotatable bonds is 20. The molecule has 0 N–H and O–H groups in total. The molecular weight excluding hydrogens is 470 g/mol. The van der Waals surface area contributed by atoms with Gasteiger partial charge in [-0.2, -0.15) is 0 Å². The molecule has 0 bridgehead atoms. The smallest absolute Gasteiger partial charge is 0.314 e. The van der Waals surface area contributed by atoms with E-state index in [0.29, 0.717) is 0 Å². The van der Waals surface area contributed by atoms with E-state index in [1.807, 2.05) is 32.0 Å². The van der Waals surface area contributed by atoms with Gasteiger partial charge in [0, 0.05) is 5.56 Å². The Bertz CT molecular complexity index is 878. The highest BCUT2D eigenvalue weighted by molar-refractivity contribution is 5.72. The molecule has 38 heavy (non-hydrogen) atoms. The van der Waals surface area contributed by atoms with Gasteiger partial charge in [-0.1, -0.05) is 107 Å². The van der Waals surface area contributed by atoms with Crippen molar-refractivity contribution in [1.29, 1.82) is 0 Å². The summed E-state index contributed by atoms with van der Waals surface area (Å²) < 4.78 is 12.3. The highest BCUT2D eigenvalue weighted by atomic mass is 16.6. The number of hydrogen-bond acceptors (Lipinski definition) is 3. The van der Waals surface area contributed by atoms with Crippen molar-refractivity contribution in [2.45, 2.75) is 104 Å². The predicted molar refractivity (Wildman–Crippen MR) is 159 cm³/mol. The molecule has 0 aliphatic rings. The number of quaternary nitrogens is 1. The second-order valence-electron chi connectivity index (χ2n) is 11.8. The van der Waals surface area contributed by atoms with Crippen LogP contribution >= 0.6 is 0 Å². The Labute approximate surface area is 233 Å². The first-order valence-corrected chi connectivity index (χ1v) is 15.1. The van der Waals surface area contributed by atoms with Crippen LogP contribution in [0.25, 0.3) is 0 Å². The molecule has 2 aromatic carbocycles. The number of unbranched alkanes of at least 4 members (excludes halogenated alkanes) is 9. The van der Waals surface area contributed by atoms with Crippen molar-refractivity contribution in [3.05, 3.63) is 65.7 Å². The fraction of sp³-hybridized carbons (Fsp3) is 0.618. The Balaban J connectivity index is 1.60. The van der Waals surface area contributed by atoms with Gasteiger partial charge in [-0.15, -0.1) is 0 Å². The maximum Gasteiger partial charge on any atom is 0.314 e. The Morgan fingerprint density at radius 3 is 1.95 bits per heavy atom. The summed E-state index contributed by atoms with van der Waals surface area (Å²) in [6.45, 7) is 8.04. The number of carbonyl (C=O) groups excluding carboxylic acids is 1. The number of aryl methyl sites for hydroxylation is 1. The zero-order valence-corrected chi connectivity index (χ0v) is 24.9. The number of ether oxygens (including phenoxy) is 2. The van der Waals surface area contributed by atoms with Crippen LogP contribution in [0.3, 0.4) is 0 Å². The van der Waals surface area contributed by atoms with Gasteiger partial charge in [-0.25, -0.2) is 0 Å². The van der Waals surface area contributed by atoms with Gasteiger partial charge in [-0.05, 0) is 44.4 Å². The topological polar surface area (TPSA) is 35.5 Å². The fourth-order valence-electron chi connectivity index (χ4n) is 5.12. The third-order valence-electron chi connectivity index (χ3n) is 7.16. The molecule has 2 rings (SSSR count). The quantitative estimate of drug-likeness (QED) is 0.0991. The van der Waals surface area contributed by atoms with Crippen molar-refractivity contribution >= 4 is 5.97 Å². The number of esters is 1. The first-order chi connectivity index (χ1) is 18.3. The standard InChI is InChI=1S/C34H54NO3/c1-6-7-8-9-10-11-12-13-14-16-19-31-22-24-33(25-23-31)38-30(3)28-37-34(36)29(2)26-35(4,5)27-32-20-17-15-18-21-32/h15,17-18,20-25,29-30H,6-14,16,19,26-28H2,1-5H3/q+1. The van der Waals surface area contributed by atoms with E-state index < -0.39 is 0 Å². The lowest BCUT2D eigenvalue weighted by molar-refractivity contribution is -0.905. The van der Waals surface area contributed by atoms with Crippen molar-refractivity contribution in [2.75, 3.05) is 27.2 Å². The van der Waals surface area contributed by atoms with E-state index >= 15 is 0 Å². The Kier molecular flexibility index (Phi) is 15.1. The molecule has 0 amide bonds. The minimum atomic E-state index is -0.189. The van der Waals surface area contributed by atoms with Crippen molar-refractivity contribution in [1.82, 2.24) is 0 Å². The zero-order chi connectivity index (χ0) is 27.6. The molecule has 0 aliphatic carbocycles. The van der Waals surface area contributed by atoms with E-state index in [1.165, 1.54) is 75.3 Å². The summed E-state index contributed by atoms with van der Waals surface area (Å²) in [5, 5.41) is 0. The van der Waals surface area contributed by atoms with Crippen LogP contribution in [-0.2, 0) is 22.5 Å². The monoisotopic (exact) mass is 524 g/mol. The average Bonchev–Trinajstić information content (AvgIpc) is 2.89. The number of benzene rings is 2. The summed E-state index contributed by atoms with van der Waals surface area (Å²) in [6, 6.07) is 18.8. The Morgan fingerprint density at radius 2 is 1.34 bits per heavy atom. The maximum atomic E-state index is 12.6. The van der Waals surface area contributed by atoms with E-state index in [0.717, 1.165) is 29.7 Å². The van der Waals surface area contributed by atoms with Crippen LogP contribution in [0.2, 0.25) is 0 Å². The molecule has 2 aromatic rings. The molecule has 0 aromatic heterocycles. The number of carbonyl (C=O) groups is 1. The van der Waals surface area contributed by atoms with Crippen LogP contribution in [0.1, 0.15) is 96.1 Å². The molecule has 0 aliphatic heterocycles. The van der Waals surface area contributed by atoms with E-state index in [-0.39, 0.29) is 24.6 Å². The second-order valence-corrected chi connectivity index (χ2v) is 11.8. The molecule has 0 heterocycles. The van der Waals surface area contributed by atoms with E-state index in [1.54, 1.807) is 0 Å². The molecule has 0 radical (unpaired) electrons.